The molecule has 17 heavy (non-hydrogen) atoms. The molecule has 2 aromatic carbocycles. The molecule has 0 heterocycles. The van der Waals surface area contributed by atoms with Crippen LogP contribution in [0.25, 0.3) is 0 Å². The molecule has 0 fully saturated rings. The summed E-state index contributed by atoms with van der Waals surface area (Å²) in [7, 11) is 0. The third-order valence-corrected chi connectivity index (χ3v) is 2.56. The summed E-state index contributed by atoms with van der Waals surface area (Å²) in [4.78, 5) is 0. The molecule has 0 aromatic heterocycles. The normalized spacial score (nSPS) is 10.0. The van der Waals surface area contributed by atoms with E-state index in [9.17, 15) is 5.21 Å². The summed E-state index contributed by atoms with van der Waals surface area (Å²) < 4.78 is 5.64. The van der Waals surface area contributed by atoms with Crippen LogP contribution in [0.2, 0.25) is 0 Å². The van der Waals surface area contributed by atoms with Crippen molar-refractivity contribution in [3.05, 3.63) is 64.9 Å². The second-order valence-corrected chi connectivity index (χ2v) is 3.85. The summed E-state index contributed by atoms with van der Waals surface area (Å²) in [6.07, 6.45) is 0. The van der Waals surface area contributed by atoms with Crippen molar-refractivity contribution in [3.63, 3.8) is 0 Å². The first-order valence-corrected chi connectivity index (χ1v) is 5.45. The van der Waals surface area contributed by atoms with Crippen LogP contribution in [0.1, 0.15) is 11.1 Å². The van der Waals surface area contributed by atoms with E-state index in [1.54, 1.807) is 12.1 Å². The molecule has 0 aliphatic rings. The molecule has 88 valence electrons. The van der Waals surface area contributed by atoms with E-state index in [1.165, 1.54) is 0 Å². The molecule has 0 bridgehead atoms. The first-order valence-electron chi connectivity index (χ1n) is 5.45. The Morgan fingerprint density at radius 2 is 1.88 bits per heavy atom. The maximum atomic E-state index is 10.6. The Morgan fingerprint density at radius 1 is 1.12 bits per heavy atom. The smallest absolute Gasteiger partial charge is 0.120 e. The largest absolute Gasteiger partial charge is 0.761 e. The van der Waals surface area contributed by atoms with E-state index < -0.39 is 0 Å². The highest BCUT2D eigenvalue weighted by Gasteiger charge is 1.98. The Balaban J connectivity index is 2.02. The molecule has 3 heteroatoms. The average molecular weight is 228 g/mol. The van der Waals surface area contributed by atoms with Crippen LogP contribution < -0.4 is 10.2 Å². The van der Waals surface area contributed by atoms with Gasteiger partial charge in [0, 0.05) is 5.69 Å². The van der Waals surface area contributed by atoms with E-state index in [0.717, 1.165) is 16.9 Å². The average Bonchev–Trinajstić information content (AvgIpc) is 2.38. The second-order valence-electron chi connectivity index (χ2n) is 3.85. The lowest BCUT2D eigenvalue weighted by Gasteiger charge is -2.14. The van der Waals surface area contributed by atoms with Crippen LogP contribution in [0.15, 0.2) is 48.5 Å². The van der Waals surface area contributed by atoms with Crippen LogP contribution in [0, 0.1) is 12.1 Å². The van der Waals surface area contributed by atoms with Crippen molar-refractivity contribution in [3.8, 4) is 5.75 Å². The van der Waals surface area contributed by atoms with E-state index >= 15 is 0 Å². The molecule has 2 rings (SSSR count). The Labute approximate surface area is 101 Å². The van der Waals surface area contributed by atoms with Gasteiger partial charge >= 0.3 is 0 Å². The second kappa shape index (κ2) is 5.37. The first-order chi connectivity index (χ1) is 8.29. The molecule has 3 nitrogen and oxygen atoms in total. The Kier molecular flexibility index (Phi) is 3.62. The Morgan fingerprint density at radius 3 is 2.53 bits per heavy atom. The number of nitrogens with one attached hydrogen (secondary N) is 1. The van der Waals surface area contributed by atoms with Gasteiger partial charge in [0.1, 0.15) is 12.4 Å². The number of benzene rings is 2. The van der Waals surface area contributed by atoms with Gasteiger partial charge in [0.25, 0.3) is 0 Å². The molecule has 0 saturated carbocycles. The third-order valence-electron chi connectivity index (χ3n) is 2.56. The SMILES string of the molecule is Cc1cc(OCc2ccccc2)ccc1N[O-]. The highest BCUT2D eigenvalue weighted by Crippen LogP contribution is 2.21. The standard InChI is InChI=1S/C14H14NO2/c1-11-9-13(7-8-14(11)15-16)17-10-12-5-3-2-4-6-12/h2-9,15H,10H2,1H3/q-1. The molecule has 2 aromatic rings. The van der Waals surface area contributed by atoms with Crippen molar-refractivity contribution in [2.75, 3.05) is 5.48 Å². The first kappa shape index (κ1) is 11.5. The summed E-state index contributed by atoms with van der Waals surface area (Å²) in [6, 6.07) is 15.3. The third kappa shape index (κ3) is 2.98. The molecule has 0 amide bonds. The zero-order chi connectivity index (χ0) is 12.1. The number of hydrogen-bond acceptors (Lipinski definition) is 3. The molecule has 0 atom stereocenters. The molecule has 0 spiro atoms. The minimum absolute atomic E-state index is 0.532. The van der Waals surface area contributed by atoms with Gasteiger partial charge in [-0.15, -0.1) is 0 Å². The van der Waals surface area contributed by atoms with Crippen LogP contribution in [-0.2, 0) is 6.61 Å². The van der Waals surface area contributed by atoms with Gasteiger partial charge < -0.3 is 15.4 Å². The highest BCUT2D eigenvalue weighted by molar-refractivity contribution is 5.53. The fourth-order valence-electron chi connectivity index (χ4n) is 1.58. The molecule has 0 saturated heterocycles. The van der Waals surface area contributed by atoms with Crippen LogP contribution in [0.4, 0.5) is 5.69 Å². The van der Waals surface area contributed by atoms with E-state index in [4.69, 9.17) is 4.74 Å². The van der Waals surface area contributed by atoms with Gasteiger partial charge in [-0.25, -0.2) is 0 Å². The predicted molar refractivity (Wildman–Crippen MR) is 68.9 cm³/mol. The Hall–Kier alpha value is -2.00. The number of aryl methyl sites for hydroxylation is 1. The predicted octanol–water partition coefficient (Wildman–Crippen LogP) is 3.48. The lowest BCUT2D eigenvalue weighted by atomic mass is 10.2. The topological polar surface area (TPSA) is 44.3 Å². The van der Waals surface area contributed by atoms with Gasteiger partial charge in [0.2, 0.25) is 0 Å². The van der Waals surface area contributed by atoms with Gasteiger partial charge in [-0.05, 0) is 36.2 Å². The molecular weight excluding hydrogens is 214 g/mol. The summed E-state index contributed by atoms with van der Waals surface area (Å²) in [6.45, 7) is 2.40. The fourth-order valence-corrected chi connectivity index (χ4v) is 1.58. The van der Waals surface area contributed by atoms with Crippen molar-refractivity contribution >= 4 is 5.69 Å². The van der Waals surface area contributed by atoms with Gasteiger partial charge in [-0.1, -0.05) is 30.3 Å². The van der Waals surface area contributed by atoms with Crippen molar-refractivity contribution < 1.29 is 4.74 Å². The lowest BCUT2D eigenvalue weighted by Crippen LogP contribution is -1.96. The summed E-state index contributed by atoms with van der Waals surface area (Å²) >= 11 is 0. The number of rotatable bonds is 4. The summed E-state index contributed by atoms with van der Waals surface area (Å²) in [5, 5.41) is 10.6. The van der Waals surface area contributed by atoms with Crippen LogP contribution in [0.5, 0.6) is 5.75 Å². The van der Waals surface area contributed by atoms with E-state index in [0.29, 0.717) is 12.3 Å². The van der Waals surface area contributed by atoms with Gasteiger partial charge in [-0.2, -0.15) is 0 Å². The van der Waals surface area contributed by atoms with Gasteiger partial charge in [0.15, 0.2) is 0 Å². The lowest BCUT2D eigenvalue weighted by molar-refractivity contribution is 0.306. The minimum atomic E-state index is 0.532. The fraction of sp³-hybridized carbons (Fsp3) is 0.143. The molecule has 1 N–H and O–H groups in total. The van der Waals surface area contributed by atoms with E-state index in [2.05, 4.69) is 0 Å². The van der Waals surface area contributed by atoms with Crippen LogP contribution >= 0.6 is 0 Å². The molecule has 0 unspecified atom stereocenters. The van der Waals surface area contributed by atoms with Gasteiger partial charge in [-0.3, -0.25) is 0 Å². The van der Waals surface area contributed by atoms with Crippen LogP contribution in [-0.4, -0.2) is 0 Å². The van der Waals surface area contributed by atoms with E-state index in [-0.39, 0.29) is 0 Å². The maximum Gasteiger partial charge on any atom is 0.120 e. The monoisotopic (exact) mass is 228 g/mol. The molecule has 0 aliphatic carbocycles. The number of anilines is 1. The molecule has 0 radical (unpaired) electrons. The summed E-state index contributed by atoms with van der Waals surface area (Å²) in [5.74, 6) is 0.769. The van der Waals surface area contributed by atoms with Gasteiger partial charge in [0.05, 0.1) is 0 Å². The summed E-state index contributed by atoms with van der Waals surface area (Å²) in [5.41, 5.74) is 4.47. The molecular formula is C14H14NO2-. The minimum Gasteiger partial charge on any atom is -0.761 e. The Bertz CT molecular complexity index is 483. The molecule has 0 aliphatic heterocycles. The van der Waals surface area contributed by atoms with Crippen molar-refractivity contribution in [2.24, 2.45) is 0 Å². The number of ether oxygens (including phenoxy) is 1. The number of hydrogen-bond donors (Lipinski definition) is 1. The van der Waals surface area contributed by atoms with Crippen LogP contribution in [0.3, 0.4) is 0 Å². The van der Waals surface area contributed by atoms with E-state index in [1.807, 2.05) is 48.8 Å². The van der Waals surface area contributed by atoms with Crippen molar-refractivity contribution in [1.29, 1.82) is 0 Å². The van der Waals surface area contributed by atoms with Crippen molar-refractivity contribution in [1.82, 2.24) is 0 Å². The quantitative estimate of drug-likeness (QED) is 0.815. The zero-order valence-electron chi connectivity index (χ0n) is 9.64. The zero-order valence-corrected chi connectivity index (χ0v) is 9.64. The van der Waals surface area contributed by atoms with Crippen molar-refractivity contribution in [2.45, 2.75) is 13.5 Å². The maximum absolute atomic E-state index is 10.6. The highest BCUT2D eigenvalue weighted by atomic mass is 16.5.